The summed E-state index contributed by atoms with van der Waals surface area (Å²) in [5.74, 6) is -1.16. The molecule has 17 heavy (non-hydrogen) atoms. The highest BCUT2D eigenvalue weighted by Gasteiger charge is 2.23. The van der Waals surface area contributed by atoms with Gasteiger partial charge in [0.1, 0.15) is 17.7 Å². The molecule has 1 amide bonds. The molecule has 2 atom stereocenters. The van der Waals surface area contributed by atoms with Crippen molar-refractivity contribution in [2.24, 2.45) is 11.5 Å². The van der Waals surface area contributed by atoms with Gasteiger partial charge >= 0.3 is 5.97 Å². The standard InChI is InChI=1S/C10H21N3O4/c1-10(2,3)17-9(16)6(11)4-13-8(15)7(12)5-14/h6-7,14H,4-5,11-12H2,1-3H3,(H,13,15). The van der Waals surface area contributed by atoms with Crippen molar-refractivity contribution in [2.45, 2.75) is 38.5 Å². The molecule has 0 heterocycles. The first kappa shape index (κ1) is 15.8. The predicted molar refractivity (Wildman–Crippen MR) is 61.9 cm³/mol. The minimum atomic E-state index is -1.01. The molecule has 0 aromatic heterocycles. The first-order chi connectivity index (χ1) is 7.67. The quantitative estimate of drug-likeness (QED) is 0.420. The van der Waals surface area contributed by atoms with Crippen LogP contribution in [0.2, 0.25) is 0 Å². The lowest BCUT2D eigenvalue weighted by atomic mass is 10.2. The Morgan fingerprint density at radius 2 is 1.82 bits per heavy atom. The number of hydrogen-bond donors (Lipinski definition) is 4. The number of carbonyl (C=O) groups excluding carboxylic acids is 2. The molecule has 0 aliphatic carbocycles. The van der Waals surface area contributed by atoms with Crippen LogP contribution in [0.5, 0.6) is 0 Å². The van der Waals surface area contributed by atoms with Crippen LogP contribution >= 0.6 is 0 Å². The summed E-state index contributed by atoms with van der Waals surface area (Å²) < 4.78 is 5.02. The van der Waals surface area contributed by atoms with Gasteiger partial charge in [0.15, 0.2) is 0 Å². The second kappa shape index (κ2) is 6.53. The second-order valence-electron chi connectivity index (χ2n) is 4.67. The molecule has 0 saturated heterocycles. The van der Waals surface area contributed by atoms with Gasteiger partial charge in [0.25, 0.3) is 0 Å². The van der Waals surface area contributed by atoms with Crippen molar-refractivity contribution >= 4 is 11.9 Å². The number of carbonyl (C=O) groups is 2. The van der Waals surface area contributed by atoms with E-state index in [-0.39, 0.29) is 6.54 Å². The average molecular weight is 247 g/mol. The second-order valence-corrected chi connectivity index (χ2v) is 4.67. The highest BCUT2D eigenvalue weighted by Crippen LogP contribution is 2.07. The fourth-order valence-electron chi connectivity index (χ4n) is 0.885. The van der Waals surface area contributed by atoms with Crippen molar-refractivity contribution in [3.8, 4) is 0 Å². The van der Waals surface area contributed by atoms with E-state index in [2.05, 4.69) is 5.32 Å². The third-order valence-electron chi connectivity index (χ3n) is 1.74. The largest absolute Gasteiger partial charge is 0.459 e. The molecule has 0 bridgehead atoms. The molecule has 100 valence electrons. The molecule has 2 unspecified atom stereocenters. The van der Waals surface area contributed by atoms with Gasteiger partial charge in [0.05, 0.1) is 6.61 Å². The van der Waals surface area contributed by atoms with E-state index in [1.54, 1.807) is 20.8 Å². The molecule has 0 aliphatic rings. The minimum Gasteiger partial charge on any atom is -0.459 e. The fourth-order valence-corrected chi connectivity index (χ4v) is 0.885. The summed E-state index contributed by atoms with van der Waals surface area (Å²) in [5.41, 5.74) is 10.2. The van der Waals surface area contributed by atoms with Gasteiger partial charge in [-0.25, -0.2) is 0 Å². The van der Waals surface area contributed by atoms with Crippen molar-refractivity contribution in [3.05, 3.63) is 0 Å². The van der Waals surface area contributed by atoms with E-state index < -0.39 is 36.2 Å². The first-order valence-electron chi connectivity index (χ1n) is 5.30. The zero-order valence-electron chi connectivity index (χ0n) is 10.4. The molecule has 0 fully saturated rings. The zero-order chi connectivity index (χ0) is 13.6. The van der Waals surface area contributed by atoms with E-state index in [1.807, 2.05) is 0 Å². The average Bonchev–Trinajstić information content (AvgIpc) is 2.21. The highest BCUT2D eigenvalue weighted by atomic mass is 16.6. The van der Waals surface area contributed by atoms with Gasteiger partial charge in [-0.2, -0.15) is 0 Å². The maximum absolute atomic E-state index is 11.4. The van der Waals surface area contributed by atoms with Crippen molar-refractivity contribution in [3.63, 3.8) is 0 Å². The topological polar surface area (TPSA) is 128 Å². The first-order valence-corrected chi connectivity index (χ1v) is 5.30. The number of rotatable bonds is 5. The van der Waals surface area contributed by atoms with Gasteiger partial charge in [-0.1, -0.05) is 0 Å². The molecular formula is C10H21N3O4. The third-order valence-corrected chi connectivity index (χ3v) is 1.74. The zero-order valence-corrected chi connectivity index (χ0v) is 10.4. The summed E-state index contributed by atoms with van der Waals surface area (Å²) in [6.45, 7) is 4.61. The molecular weight excluding hydrogens is 226 g/mol. The number of amides is 1. The van der Waals surface area contributed by atoms with Crippen molar-refractivity contribution in [1.29, 1.82) is 0 Å². The summed E-state index contributed by atoms with van der Waals surface area (Å²) >= 11 is 0. The van der Waals surface area contributed by atoms with Gasteiger partial charge in [0, 0.05) is 6.54 Å². The Morgan fingerprint density at radius 1 is 1.29 bits per heavy atom. The number of ether oxygens (including phenoxy) is 1. The van der Waals surface area contributed by atoms with Crippen LogP contribution in [0.15, 0.2) is 0 Å². The van der Waals surface area contributed by atoms with Gasteiger partial charge in [-0.15, -0.1) is 0 Å². The van der Waals surface area contributed by atoms with Crippen molar-refractivity contribution in [1.82, 2.24) is 5.32 Å². The maximum Gasteiger partial charge on any atom is 0.325 e. The van der Waals surface area contributed by atoms with Crippen LogP contribution in [0, 0.1) is 0 Å². The molecule has 0 aromatic carbocycles. The minimum absolute atomic E-state index is 0.0819. The Morgan fingerprint density at radius 3 is 2.24 bits per heavy atom. The van der Waals surface area contributed by atoms with Crippen LogP contribution in [-0.2, 0) is 14.3 Å². The van der Waals surface area contributed by atoms with Crippen molar-refractivity contribution < 1.29 is 19.4 Å². The number of nitrogens with one attached hydrogen (secondary N) is 1. The van der Waals surface area contributed by atoms with Crippen LogP contribution < -0.4 is 16.8 Å². The van der Waals surface area contributed by atoms with Gasteiger partial charge in [-0.3, -0.25) is 9.59 Å². The van der Waals surface area contributed by atoms with Crippen LogP contribution in [-0.4, -0.2) is 47.8 Å². The molecule has 0 radical (unpaired) electrons. The van der Waals surface area contributed by atoms with E-state index in [9.17, 15) is 9.59 Å². The van der Waals surface area contributed by atoms with E-state index >= 15 is 0 Å². The SMILES string of the molecule is CC(C)(C)OC(=O)C(N)CNC(=O)C(N)CO. The molecule has 0 aliphatic heterocycles. The number of aliphatic hydroxyl groups excluding tert-OH is 1. The maximum atomic E-state index is 11.4. The van der Waals surface area contributed by atoms with E-state index in [0.29, 0.717) is 0 Å². The van der Waals surface area contributed by atoms with Crippen molar-refractivity contribution in [2.75, 3.05) is 13.2 Å². The van der Waals surface area contributed by atoms with E-state index in [4.69, 9.17) is 21.3 Å². The summed E-state index contributed by atoms with van der Waals surface area (Å²) in [4.78, 5) is 22.6. The van der Waals surface area contributed by atoms with E-state index in [0.717, 1.165) is 0 Å². The summed E-state index contributed by atoms with van der Waals surface area (Å²) in [6.07, 6.45) is 0. The van der Waals surface area contributed by atoms with Crippen LogP contribution in [0.25, 0.3) is 0 Å². The normalized spacial score (nSPS) is 14.9. The lowest BCUT2D eigenvalue weighted by molar-refractivity contribution is -0.156. The van der Waals surface area contributed by atoms with Gasteiger partial charge < -0.3 is 26.6 Å². The molecule has 6 N–H and O–H groups in total. The molecule has 0 rings (SSSR count). The molecule has 0 spiro atoms. The van der Waals surface area contributed by atoms with Crippen LogP contribution in [0.3, 0.4) is 0 Å². The Labute approximate surface area is 100 Å². The van der Waals surface area contributed by atoms with E-state index in [1.165, 1.54) is 0 Å². The Bertz CT molecular complexity index is 275. The summed E-state index contributed by atoms with van der Waals surface area (Å²) in [6, 6.07) is -1.97. The summed E-state index contributed by atoms with van der Waals surface area (Å²) in [5, 5.41) is 11.0. The number of aliphatic hydroxyl groups is 1. The fraction of sp³-hybridized carbons (Fsp3) is 0.800. The molecule has 0 saturated carbocycles. The summed E-state index contributed by atoms with van der Waals surface area (Å²) in [7, 11) is 0. The number of nitrogens with two attached hydrogens (primary N) is 2. The Balaban J connectivity index is 4.06. The lowest BCUT2D eigenvalue weighted by Gasteiger charge is -2.22. The smallest absolute Gasteiger partial charge is 0.325 e. The third kappa shape index (κ3) is 6.88. The molecule has 0 aromatic rings. The number of esters is 1. The predicted octanol–water partition coefficient (Wildman–Crippen LogP) is -1.91. The Hall–Kier alpha value is -1.18. The lowest BCUT2D eigenvalue weighted by Crippen LogP contribution is -2.50. The molecule has 7 nitrogen and oxygen atoms in total. The number of hydrogen-bond acceptors (Lipinski definition) is 6. The Kier molecular flexibility index (Phi) is 6.08. The van der Waals surface area contributed by atoms with Gasteiger partial charge in [0.2, 0.25) is 5.91 Å². The monoisotopic (exact) mass is 247 g/mol. The van der Waals surface area contributed by atoms with Crippen LogP contribution in [0.1, 0.15) is 20.8 Å². The molecule has 7 heteroatoms. The highest BCUT2D eigenvalue weighted by molar-refractivity contribution is 5.83. The van der Waals surface area contributed by atoms with Crippen LogP contribution in [0.4, 0.5) is 0 Å². The van der Waals surface area contributed by atoms with Gasteiger partial charge in [-0.05, 0) is 20.8 Å².